The number of nitrogens with one attached hydrogen (secondary N) is 2. The second-order valence-corrected chi connectivity index (χ2v) is 5.52. The molecule has 1 heterocycles. The van der Waals surface area contributed by atoms with E-state index >= 15 is 0 Å². The maximum Gasteiger partial charge on any atom is 0.270 e. The smallest absolute Gasteiger partial charge is 0.270 e. The van der Waals surface area contributed by atoms with Crippen molar-refractivity contribution < 1.29 is 4.79 Å². The number of aromatic nitrogens is 1. The van der Waals surface area contributed by atoms with Gasteiger partial charge >= 0.3 is 0 Å². The van der Waals surface area contributed by atoms with Crippen LogP contribution in [0, 0.1) is 6.92 Å². The summed E-state index contributed by atoms with van der Waals surface area (Å²) in [5.41, 5.74) is 3.84. The Morgan fingerprint density at radius 2 is 2.14 bits per heavy atom. The number of rotatable bonds is 5. The Labute approximate surface area is 124 Å². The molecule has 4 nitrogen and oxygen atoms in total. The zero-order chi connectivity index (χ0) is 14.7. The molecule has 0 unspecified atom stereocenters. The summed E-state index contributed by atoms with van der Waals surface area (Å²) in [5, 5.41) is 6.28. The summed E-state index contributed by atoms with van der Waals surface area (Å²) in [6.45, 7) is 2.81. The Morgan fingerprint density at radius 1 is 1.29 bits per heavy atom. The molecule has 0 atom stereocenters. The third-order valence-electron chi connectivity index (χ3n) is 3.48. The highest BCUT2D eigenvalue weighted by Gasteiger charge is 2.24. The van der Waals surface area contributed by atoms with Crippen LogP contribution in [0.25, 0.3) is 0 Å². The zero-order valence-corrected chi connectivity index (χ0v) is 12.1. The summed E-state index contributed by atoms with van der Waals surface area (Å²) in [6, 6.07) is 12.4. The number of carbonyl (C=O) groups is 1. The Bertz CT molecular complexity index is 650. The summed E-state index contributed by atoms with van der Waals surface area (Å²) >= 11 is 0. The van der Waals surface area contributed by atoms with Crippen LogP contribution >= 0.6 is 0 Å². The molecule has 0 aliphatic heterocycles. The van der Waals surface area contributed by atoms with E-state index in [0.29, 0.717) is 11.7 Å². The van der Waals surface area contributed by atoms with E-state index in [1.165, 1.54) is 11.1 Å². The number of carbonyl (C=O) groups excluding carboxylic acids is 1. The summed E-state index contributed by atoms with van der Waals surface area (Å²) in [7, 11) is 0. The van der Waals surface area contributed by atoms with Gasteiger partial charge in [-0.2, -0.15) is 0 Å². The minimum Gasteiger partial charge on any atom is -0.381 e. The fourth-order valence-electron chi connectivity index (χ4n) is 2.18. The van der Waals surface area contributed by atoms with Gasteiger partial charge in [-0.1, -0.05) is 29.8 Å². The first kappa shape index (κ1) is 13.6. The summed E-state index contributed by atoms with van der Waals surface area (Å²) < 4.78 is 0. The first-order valence-corrected chi connectivity index (χ1v) is 7.27. The number of nitrogens with zero attached hydrogens (tertiary/aromatic N) is 1. The maximum absolute atomic E-state index is 12.0. The van der Waals surface area contributed by atoms with E-state index in [4.69, 9.17) is 0 Å². The summed E-state index contributed by atoms with van der Waals surface area (Å²) in [6.07, 6.45) is 3.83. The van der Waals surface area contributed by atoms with Crippen molar-refractivity contribution in [3.8, 4) is 0 Å². The first-order valence-electron chi connectivity index (χ1n) is 7.27. The largest absolute Gasteiger partial charge is 0.381 e. The molecule has 1 aliphatic rings. The van der Waals surface area contributed by atoms with Gasteiger partial charge in [0.25, 0.3) is 5.91 Å². The topological polar surface area (TPSA) is 54.0 Å². The number of anilines is 1. The third kappa shape index (κ3) is 3.81. The van der Waals surface area contributed by atoms with Crippen LogP contribution in [0.4, 0.5) is 5.69 Å². The molecule has 108 valence electrons. The van der Waals surface area contributed by atoms with Crippen molar-refractivity contribution in [3.63, 3.8) is 0 Å². The Balaban J connectivity index is 1.63. The van der Waals surface area contributed by atoms with E-state index < -0.39 is 0 Å². The molecule has 0 saturated heterocycles. The average molecular weight is 281 g/mol. The monoisotopic (exact) mass is 281 g/mol. The van der Waals surface area contributed by atoms with Crippen molar-refractivity contribution in [2.24, 2.45) is 0 Å². The average Bonchev–Trinajstić information content (AvgIpc) is 3.29. The maximum atomic E-state index is 12.0. The van der Waals surface area contributed by atoms with Crippen LogP contribution in [0.3, 0.4) is 0 Å². The molecule has 1 aromatic carbocycles. The van der Waals surface area contributed by atoms with Gasteiger partial charge in [0, 0.05) is 24.5 Å². The molecule has 0 bridgehead atoms. The quantitative estimate of drug-likeness (QED) is 0.886. The second kappa shape index (κ2) is 5.95. The van der Waals surface area contributed by atoms with Crippen LogP contribution in [0.5, 0.6) is 0 Å². The van der Waals surface area contributed by atoms with Crippen molar-refractivity contribution in [1.29, 1.82) is 0 Å². The molecular weight excluding hydrogens is 262 g/mol. The highest BCUT2D eigenvalue weighted by Crippen LogP contribution is 2.19. The molecule has 1 fully saturated rings. The fraction of sp³-hybridized carbons (Fsp3) is 0.294. The molecule has 21 heavy (non-hydrogen) atoms. The minimum atomic E-state index is -0.0864. The van der Waals surface area contributed by atoms with Crippen LogP contribution in [0.1, 0.15) is 34.5 Å². The number of aryl methyl sites for hydroxylation is 1. The molecule has 1 saturated carbocycles. The number of pyridine rings is 1. The van der Waals surface area contributed by atoms with Gasteiger partial charge in [-0.25, -0.2) is 0 Å². The van der Waals surface area contributed by atoms with Crippen LogP contribution in [0.15, 0.2) is 42.6 Å². The minimum absolute atomic E-state index is 0.0864. The number of benzene rings is 1. The standard InChI is InChI=1S/C17H19N3O/c1-12-3-2-4-13(9-12)11-19-15-7-8-18-16(10-15)17(21)20-14-5-6-14/h2-4,7-10,14H,5-6,11H2,1H3,(H,18,19)(H,20,21). The van der Waals surface area contributed by atoms with Gasteiger partial charge in [-0.15, -0.1) is 0 Å². The molecule has 4 heteroatoms. The van der Waals surface area contributed by atoms with Crippen molar-refractivity contribution in [3.05, 3.63) is 59.4 Å². The molecule has 0 spiro atoms. The molecule has 2 N–H and O–H groups in total. The zero-order valence-electron chi connectivity index (χ0n) is 12.1. The molecule has 0 radical (unpaired) electrons. The van der Waals surface area contributed by atoms with Crippen LogP contribution < -0.4 is 10.6 Å². The van der Waals surface area contributed by atoms with Gasteiger partial charge in [0.05, 0.1) is 0 Å². The van der Waals surface area contributed by atoms with Crippen LogP contribution in [0.2, 0.25) is 0 Å². The number of hydrogen-bond donors (Lipinski definition) is 2. The van der Waals surface area contributed by atoms with Gasteiger partial charge in [0.2, 0.25) is 0 Å². The predicted octanol–water partition coefficient (Wildman–Crippen LogP) is 2.89. The molecule has 1 aromatic heterocycles. The lowest BCUT2D eigenvalue weighted by Gasteiger charge is -2.09. The molecule has 3 rings (SSSR count). The Hall–Kier alpha value is -2.36. The van der Waals surface area contributed by atoms with Gasteiger partial charge in [-0.05, 0) is 37.5 Å². The summed E-state index contributed by atoms with van der Waals surface area (Å²) in [5.74, 6) is -0.0864. The van der Waals surface area contributed by atoms with Gasteiger partial charge in [0.15, 0.2) is 0 Å². The summed E-state index contributed by atoms with van der Waals surface area (Å²) in [4.78, 5) is 16.1. The lowest BCUT2D eigenvalue weighted by Crippen LogP contribution is -2.26. The molecular formula is C17H19N3O. The predicted molar refractivity (Wildman–Crippen MR) is 83.2 cm³/mol. The van der Waals surface area contributed by atoms with Crippen LogP contribution in [-0.4, -0.2) is 16.9 Å². The van der Waals surface area contributed by atoms with Crippen molar-refractivity contribution >= 4 is 11.6 Å². The highest BCUT2D eigenvalue weighted by molar-refractivity contribution is 5.93. The van der Waals surface area contributed by atoms with E-state index in [2.05, 4.69) is 40.7 Å². The van der Waals surface area contributed by atoms with E-state index in [1.807, 2.05) is 12.1 Å². The normalized spacial score (nSPS) is 13.8. The number of hydrogen-bond acceptors (Lipinski definition) is 3. The van der Waals surface area contributed by atoms with Crippen molar-refractivity contribution in [2.45, 2.75) is 32.4 Å². The van der Waals surface area contributed by atoms with Crippen molar-refractivity contribution in [1.82, 2.24) is 10.3 Å². The van der Waals surface area contributed by atoms with Crippen LogP contribution in [-0.2, 0) is 6.54 Å². The molecule has 1 aliphatic carbocycles. The molecule has 1 amide bonds. The SMILES string of the molecule is Cc1cccc(CNc2ccnc(C(=O)NC3CC3)c2)c1. The Kier molecular flexibility index (Phi) is 3.86. The number of amides is 1. The van der Waals surface area contributed by atoms with Gasteiger partial charge in [0.1, 0.15) is 5.69 Å². The van der Waals surface area contributed by atoms with E-state index in [0.717, 1.165) is 25.1 Å². The van der Waals surface area contributed by atoms with Gasteiger partial charge < -0.3 is 10.6 Å². The van der Waals surface area contributed by atoms with Crippen molar-refractivity contribution in [2.75, 3.05) is 5.32 Å². The fourth-order valence-corrected chi connectivity index (χ4v) is 2.18. The first-order chi connectivity index (χ1) is 10.2. The molecule has 2 aromatic rings. The third-order valence-corrected chi connectivity index (χ3v) is 3.48. The lowest BCUT2D eigenvalue weighted by atomic mass is 10.1. The van der Waals surface area contributed by atoms with E-state index in [9.17, 15) is 4.79 Å². The Morgan fingerprint density at radius 3 is 2.90 bits per heavy atom. The highest BCUT2D eigenvalue weighted by atomic mass is 16.2. The lowest BCUT2D eigenvalue weighted by molar-refractivity contribution is 0.0946. The van der Waals surface area contributed by atoms with Gasteiger partial charge in [-0.3, -0.25) is 9.78 Å². The van der Waals surface area contributed by atoms with E-state index in [1.54, 1.807) is 12.3 Å². The second-order valence-electron chi connectivity index (χ2n) is 5.52. The van der Waals surface area contributed by atoms with E-state index in [-0.39, 0.29) is 5.91 Å².